The molecule has 146 valence electrons. The van der Waals surface area contributed by atoms with E-state index in [1.165, 1.54) is 0 Å². The van der Waals surface area contributed by atoms with E-state index in [4.69, 9.17) is 9.26 Å². The minimum atomic E-state index is -0.0787. The maximum Gasteiger partial charge on any atom is 0.324 e. The molecule has 1 aromatic carbocycles. The number of benzene rings is 1. The Morgan fingerprint density at radius 3 is 2.96 bits per heavy atom. The Morgan fingerprint density at radius 1 is 1.36 bits per heavy atom. The largest absolute Gasteiger partial charge is 0.497 e. The highest BCUT2D eigenvalue weighted by Gasteiger charge is 2.28. The molecule has 1 N–H and O–H groups in total. The minimum Gasteiger partial charge on any atom is -0.497 e. The zero-order chi connectivity index (χ0) is 19.3. The third-order valence-electron chi connectivity index (χ3n) is 4.84. The zero-order valence-electron chi connectivity index (χ0n) is 15.6. The van der Waals surface area contributed by atoms with Gasteiger partial charge in [0.1, 0.15) is 5.75 Å². The van der Waals surface area contributed by atoms with Gasteiger partial charge in [-0.3, -0.25) is 4.79 Å². The first kappa shape index (κ1) is 18.5. The Hall–Kier alpha value is -2.87. The number of carbonyl (C=O) groups excluding carboxylic acids is 1. The van der Waals surface area contributed by atoms with E-state index in [0.29, 0.717) is 24.9 Å². The standard InChI is InChI=1S/C20H22N4O3S/c1-26-16-8-6-14(7-9-16)18-22-20(27-23-18)24-10-2-4-15(13-24)19(25)21-12-17-5-3-11-28-17/h3,5-9,11,15H,2,4,10,12-13H2,1H3,(H,21,25)/t15-/m1/s1. The van der Waals surface area contributed by atoms with Gasteiger partial charge in [-0.1, -0.05) is 11.2 Å². The molecule has 1 saturated heterocycles. The van der Waals surface area contributed by atoms with E-state index >= 15 is 0 Å². The van der Waals surface area contributed by atoms with Crippen molar-refractivity contribution < 1.29 is 14.1 Å². The van der Waals surface area contributed by atoms with Gasteiger partial charge in [-0.2, -0.15) is 4.98 Å². The number of methoxy groups -OCH3 is 1. The molecule has 0 spiro atoms. The van der Waals surface area contributed by atoms with Crippen LogP contribution in [0.15, 0.2) is 46.3 Å². The van der Waals surface area contributed by atoms with Crippen LogP contribution in [-0.2, 0) is 11.3 Å². The molecule has 28 heavy (non-hydrogen) atoms. The summed E-state index contributed by atoms with van der Waals surface area (Å²) in [5, 5.41) is 9.14. The van der Waals surface area contributed by atoms with Gasteiger partial charge in [-0.05, 0) is 48.6 Å². The summed E-state index contributed by atoms with van der Waals surface area (Å²) in [7, 11) is 1.63. The second-order valence-corrected chi connectivity index (χ2v) is 7.74. The summed E-state index contributed by atoms with van der Waals surface area (Å²) in [4.78, 5) is 20.2. The summed E-state index contributed by atoms with van der Waals surface area (Å²) in [5.74, 6) is 1.31. The molecule has 3 heterocycles. The van der Waals surface area contributed by atoms with Gasteiger partial charge in [-0.25, -0.2) is 0 Å². The molecule has 1 aliphatic rings. The molecule has 1 fully saturated rings. The summed E-state index contributed by atoms with van der Waals surface area (Å²) in [6, 6.07) is 12.0. The van der Waals surface area contributed by atoms with Crippen molar-refractivity contribution in [2.45, 2.75) is 19.4 Å². The highest BCUT2D eigenvalue weighted by molar-refractivity contribution is 7.09. The van der Waals surface area contributed by atoms with Crippen molar-refractivity contribution >= 4 is 23.3 Å². The lowest BCUT2D eigenvalue weighted by atomic mass is 9.97. The van der Waals surface area contributed by atoms with Crippen molar-refractivity contribution in [1.29, 1.82) is 0 Å². The molecule has 7 nitrogen and oxygen atoms in total. The van der Waals surface area contributed by atoms with Gasteiger partial charge < -0.3 is 19.5 Å². The first-order chi connectivity index (χ1) is 13.7. The van der Waals surface area contributed by atoms with Crippen molar-refractivity contribution in [3.63, 3.8) is 0 Å². The van der Waals surface area contributed by atoms with Crippen LogP contribution in [0, 0.1) is 5.92 Å². The van der Waals surface area contributed by atoms with Crippen molar-refractivity contribution in [2.75, 3.05) is 25.1 Å². The average molecular weight is 398 g/mol. The number of piperidine rings is 1. The van der Waals surface area contributed by atoms with Gasteiger partial charge in [0, 0.05) is 23.5 Å². The number of amides is 1. The maximum atomic E-state index is 12.5. The number of ether oxygens (including phenoxy) is 1. The lowest BCUT2D eigenvalue weighted by Gasteiger charge is -2.30. The van der Waals surface area contributed by atoms with Crippen molar-refractivity contribution in [3.05, 3.63) is 46.7 Å². The molecule has 0 bridgehead atoms. The molecule has 1 atom stereocenters. The molecule has 0 aliphatic carbocycles. The maximum absolute atomic E-state index is 12.5. The van der Waals surface area contributed by atoms with Gasteiger partial charge in [0.2, 0.25) is 11.7 Å². The SMILES string of the molecule is COc1ccc(-c2noc(N3CCC[C@@H](C(=O)NCc4cccs4)C3)n2)cc1. The van der Waals surface area contributed by atoms with Crippen LogP contribution in [0.3, 0.4) is 0 Å². The van der Waals surface area contributed by atoms with Crippen LogP contribution in [0.5, 0.6) is 5.75 Å². The lowest BCUT2D eigenvalue weighted by molar-refractivity contribution is -0.125. The van der Waals surface area contributed by atoms with Gasteiger partial charge in [0.05, 0.1) is 19.6 Å². The van der Waals surface area contributed by atoms with E-state index in [0.717, 1.165) is 35.6 Å². The Kier molecular flexibility index (Phi) is 5.57. The van der Waals surface area contributed by atoms with Gasteiger partial charge >= 0.3 is 6.01 Å². The summed E-state index contributed by atoms with van der Waals surface area (Å²) in [5.41, 5.74) is 0.859. The molecule has 0 unspecified atom stereocenters. The van der Waals surface area contributed by atoms with Gasteiger partial charge in [0.15, 0.2) is 0 Å². The van der Waals surface area contributed by atoms with Crippen molar-refractivity contribution in [3.8, 4) is 17.1 Å². The van der Waals surface area contributed by atoms with Crippen molar-refractivity contribution in [1.82, 2.24) is 15.5 Å². The number of rotatable bonds is 6. The average Bonchev–Trinajstić information content (AvgIpc) is 3.44. The van der Waals surface area contributed by atoms with Crippen LogP contribution >= 0.6 is 11.3 Å². The molecule has 4 rings (SSSR count). The third kappa shape index (κ3) is 4.17. The molecule has 3 aromatic rings. The number of aromatic nitrogens is 2. The molecule has 2 aromatic heterocycles. The molecule has 1 amide bonds. The lowest BCUT2D eigenvalue weighted by Crippen LogP contribution is -2.43. The third-order valence-corrected chi connectivity index (χ3v) is 5.72. The summed E-state index contributed by atoms with van der Waals surface area (Å²) in [6.07, 6.45) is 1.78. The first-order valence-electron chi connectivity index (χ1n) is 9.26. The topological polar surface area (TPSA) is 80.5 Å². The number of thiophene rings is 1. The van der Waals surface area contributed by atoms with E-state index in [-0.39, 0.29) is 11.8 Å². The highest BCUT2D eigenvalue weighted by Crippen LogP contribution is 2.26. The Morgan fingerprint density at radius 2 is 2.21 bits per heavy atom. The number of hydrogen-bond donors (Lipinski definition) is 1. The predicted octanol–water partition coefficient (Wildman–Crippen LogP) is 3.34. The molecular formula is C20H22N4O3S. The predicted molar refractivity (Wildman–Crippen MR) is 107 cm³/mol. The number of nitrogens with zero attached hydrogens (tertiary/aromatic N) is 3. The molecule has 8 heteroatoms. The summed E-state index contributed by atoms with van der Waals surface area (Å²) in [6.45, 7) is 1.97. The summed E-state index contributed by atoms with van der Waals surface area (Å²) < 4.78 is 10.6. The summed E-state index contributed by atoms with van der Waals surface area (Å²) >= 11 is 1.65. The van der Waals surface area contributed by atoms with Gasteiger partial charge in [-0.15, -0.1) is 11.3 Å². The van der Waals surface area contributed by atoms with E-state index in [1.54, 1.807) is 18.4 Å². The molecule has 0 saturated carbocycles. The van der Waals surface area contributed by atoms with E-state index in [2.05, 4.69) is 15.5 Å². The van der Waals surface area contributed by atoms with E-state index in [1.807, 2.05) is 46.7 Å². The monoisotopic (exact) mass is 398 g/mol. The van der Waals surface area contributed by atoms with Crippen LogP contribution in [0.1, 0.15) is 17.7 Å². The molecule has 1 aliphatic heterocycles. The number of carbonyl (C=O) groups is 1. The fourth-order valence-electron chi connectivity index (χ4n) is 3.30. The Bertz CT molecular complexity index is 908. The van der Waals surface area contributed by atoms with Crippen molar-refractivity contribution in [2.24, 2.45) is 5.92 Å². The Labute approximate surface area is 167 Å². The zero-order valence-corrected chi connectivity index (χ0v) is 16.4. The number of hydrogen-bond acceptors (Lipinski definition) is 7. The highest BCUT2D eigenvalue weighted by atomic mass is 32.1. The van der Waals surface area contributed by atoms with Crippen LogP contribution in [-0.4, -0.2) is 36.2 Å². The molecular weight excluding hydrogens is 376 g/mol. The van der Waals surface area contributed by atoms with Crippen LogP contribution < -0.4 is 15.0 Å². The first-order valence-corrected chi connectivity index (χ1v) is 10.1. The quantitative estimate of drug-likeness (QED) is 0.686. The normalized spacial score (nSPS) is 16.8. The number of anilines is 1. The minimum absolute atomic E-state index is 0.0768. The fourth-order valence-corrected chi connectivity index (χ4v) is 3.94. The smallest absolute Gasteiger partial charge is 0.324 e. The van der Waals surface area contributed by atoms with Crippen LogP contribution in [0.25, 0.3) is 11.4 Å². The Balaban J connectivity index is 1.38. The van der Waals surface area contributed by atoms with Crippen LogP contribution in [0.2, 0.25) is 0 Å². The fraction of sp³-hybridized carbons (Fsp3) is 0.350. The van der Waals surface area contributed by atoms with Crippen LogP contribution in [0.4, 0.5) is 6.01 Å². The van der Waals surface area contributed by atoms with E-state index in [9.17, 15) is 4.79 Å². The van der Waals surface area contributed by atoms with E-state index < -0.39 is 0 Å². The second kappa shape index (κ2) is 8.43. The number of nitrogens with one attached hydrogen (secondary N) is 1. The van der Waals surface area contributed by atoms with Gasteiger partial charge in [0.25, 0.3) is 0 Å². The second-order valence-electron chi connectivity index (χ2n) is 6.71. The molecule has 0 radical (unpaired) electrons.